The Labute approximate surface area is 663 Å². The maximum atomic E-state index is 18.8. The van der Waals surface area contributed by atoms with E-state index in [9.17, 15) is 0 Å². The normalized spacial score (nSPS) is 12.1. The second-order valence-electron chi connectivity index (χ2n) is 30.7. The first-order valence-corrected chi connectivity index (χ1v) is 43.4. The zero-order chi connectivity index (χ0) is 76.8. The molecule has 0 bridgehead atoms. The SMILES string of the molecule is CC(C)c1cc(N(c2ccc(-c3ccc([Si](c4ccccc4)(c4ccccc4)c4ccccc4)cc3)cc2F)c2cccc3c2oc2ccccc23)c2ccc3c(C(C)C)cc(N(c4ccc(-c5ccc([Si](c6ccccc6)(c6ccccc6)c6ccccc6)cc5)cc4F)c4cccc5c4oc4ccccc45)c4ccc1c2c34. The van der Waals surface area contributed by atoms with E-state index in [1.807, 2.05) is 48.5 Å². The van der Waals surface area contributed by atoms with Crippen LogP contribution in [0.5, 0.6) is 0 Å². The van der Waals surface area contributed by atoms with Crippen LogP contribution in [0.3, 0.4) is 0 Å². The van der Waals surface area contributed by atoms with Gasteiger partial charge < -0.3 is 18.6 Å². The molecule has 0 spiro atoms. The van der Waals surface area contributed by atoms with Gasteiger partial charge in [-0.2, -0.15) is 0 Å². The van der Waals surface area contributed by atoms with Crippen molar-refractivity contribution in [1.82, 2.24) is 0 Å². The van der Waals surface area contributed by atoms with E-state index in [0.717, 1.165) is 110 Å². The van der Waals surface area contributed by atoms with E-state index in [0.29, 0.717) is 33.9 Å². The molecule has 20 rings (SSSR count). The summed E-state index contributed by atoms with van der Waals surface area (Å²) in [7, 11) is -5.70. The van der Waals surface area contributed by atoms with Gasteiger partial charge in [0.2, 0.25) is 0 Å². The van der Waals surface area contributed by atoms with Crippen LogP contribution in [0.25, 0.3) is 98.4 Å². The molecule has 0 radical (unpaired) electrons. The number of hydrogen-bond donors (Lipinski definition) is 0. The van der Waals surface area contributed by atoms with E-state index in [-0.39, 0.29) is 11.8 Å². The van der Waals surface area contributed by atoms with Gasteiger partial charge in [0.05, 0.1) is 34.1 Å². The van der Waals surface area contributed by atoms with Gasteiger partial charge in [0, 0.05) is 32.3 Å². The van der Waals surface area contributed by atoms with Gasteiger partial charge in [-0.25, -0.2) is 8.78 Å². The minimum Gasteiger partial charge on any atom is -0.454 e. The lowest BCUT2D eigenvalue weighted by Crippen LogP contribution is -2.74. The second-order valence-corrected chi connectivity index (χ2v) is 38.3. The van der Waals surface area contributed by atoms with Crippen molar-refractivity contribution in [1.29, 1.82) is 0 Å². The van der Waals surface area contributed by atoms with Crippen molar-refractivity contribution < 1.29 is 17.6 Å². The Kier molecular flexibility index (Phi) is 17.3. The van der Waals surface area contributed by atoms with Crippen molar-refractivity contribution in [3.05, 3.63) is 411 Å². The smallest absolute Gasteiger partial charge is 0.179 e. The fourth-order valence-corrected chi connectivity index (χ4v) is 28.1. The number of nitrogens with zero attached hydrogens (tertiary/aromatic N) is 2. The Morgan fingerprint density at radius 1 is 0.228 bits per heavy atom. The molecule has 0 saturated carbocycles. The predicted octanol–water partition coefficient (Wildman–Crippen LogP) is 23.9. The molecule has 0 saturated heterocycles. The van der Waals surface area contributed by atoms with Gasteiger partial charge in [-0.05, 0) is 169 Å². The molecular weight excluding hydrogens is 1430 g/mol. The molecule has 0 atom stereocenters. The first-order valence-electron chi connectivity index (χ1n) is 39.4. The number of halogens is 2. The molecule has 8 heteroatoms. The number of furan rings is 2. The number of benzene rings is 18. The first-order chi connectivity index (χ1) is 56.0. The van der Waals surface area contributed by atoms with Crippen molar-refractivity contribution in [2.75, 3.05) is 9.80 Å². The number of rotatable bonds is 18. The zero-order valence-electron chi connectivity index (χ0n) is 63.6. The highest BCUT2D eigenvalue weighted by molar-refractivity contribution is 7.20. The largest absolute Gasteiger partial charge is 0.454 e. The molecule has 2 aromatic heterocycles. The van der Waals surface area contributed by atoms with Crippen molar-refractivity contribution in [3.63, 3.8) is 0 Å². The van der Waals surface area contributed by atoms with Crippen LogP contribution in [0.4, 0.5) is 42.9 Å². The number of anilines is 6. The Hall–Kier alpha value is -13.5. The summed E-state index contributed by atoms with van der Waals surface area (Å²) < 4.78 is 51.6. The highest BCUT2D eigenvalue weighted by atomic mass is 28.3. The van der Waals surface area contributed by atoms with Crippen molar-refractivity contribution in [2.24, 2.45) is 0 Å². The molecule has 546 valence electrons. The van der Waals surface area contributed by atoms with Gasteiger partial charge >= 0.3 is 0 Å². The summed E-state index contributed by atoms with van der Waals surface area (Å²) in [5.74, 6) is -0.774. The van der Waals surface area contributed by atoms with Gasteiger partial charge in [-0.1, -0.05) is 355 Å². The molecule has 20 aromatic rings. The van der Waals surface area contributed by atoms with Crippen LogP contribution in [0.1, 0.15) is 50.7 Å². The Morgan fingerprint density at radius 2 is 0.509 bits per heavy atom. The summed E-state index contributed by atoms with van der Waals surface area (Å²) in [5.41, 5.74) is 11.9. The van der Waals surface area contributed by atoms with Crippen LogP contribution in [0.15, 0.2) is 397 Å². The third kappa shape index (κ3) is 11.2. The van der Waals surface area contributed by atoms with E-state index in [1.54, 1.807) is 12.1 Å². The second kappa shape index (κ2) is 28.4. The predicted molar refractivity (Wildman–Crippen MR) is 480 cm³/mol. The van der Waals surface area contributed by atoms with Gasteiger partial charge in [-0.3, -0.25) is 0 Å². The standard InChI is InChI=1S/C106H78F2N2O2Si2/c1-69(2)91-67-99(109(97-45-27-43-87-83-41-23-25-47-101(83)111-105(87)97)95-63-53-73(65-93(95)107)71-49-55-81(56-50-71)113(75-29-11-5-12-30-75,76-31-13-6-14-32-76)77-33-15-7-16-34-77)89-62-60-86-92(70(3)4)68-100(90-61-59-85(91)103(89)104(86)90)110(98-46-28-44-88-84-42-24-26-48-102(84)112-106(88)98)96-64-54-74(66-94(96)108)72-51-57-82(58-52-72)114(78-35-17-8-18-36-78,79-37-19-9-20-38-79)80-39-21-10-22-40-80/h5-70H,1-4H3. The number of hydrogen-bond acceptors (Lipinski definition) is 4. The van der Waals surface area contributed by atoms with Crippen LogP contribution >= 0.6 is 0 Å². The molecule has 0 fully saturated rings. The highest BCUT2D eigenvalue weighted by Crippen LogP contribution is 2.54. The lowest BCUT2D eigenvalue weighted by Gasteiger charge is -2.34. The third-order valence-electron chi connectivity index (χ3n) is 23.8. The maximum absolute atomic E-state index is 18.8. The minimum atomic E-state index is -2.85. The Morgan fingerprint density at radius 3 is 0.825 bits per heavy atom. The molecule has 0 aliphatic heterocycles. The van der Waals surface area contributed by atoms with Crippen LogP contribution < -0.4 is 51.3 Å². The van der Waals surface area contributed by atoms with Gasteiger partial charge in [-0.15, -0.1) is 0 Å². The summed E-state index contributed by atoms with van der Waals surface area (Å²) in [5, 5.41) is 20.0. The summed E-state index contributed by atoms with van der Waals surface area (Å²) in [6.07, 6.45) is 0. The topological polar surface area (TPSA) is 32.8 Å². The van der Waals surface area contributed by atoms with Gasteiger partial charge in [0.25, 0.3) is 0 Å². The van der Waals surface area contributed by atoms with Crippen molar-refractivity contribution in [2.45, 2.75) is 39.5 Å². The quantitative estimate of drug-likeness (QED) is 0.0487. The van der Waals surface area contributed by atoms with E-state index in [1.165, 1.54) is 41.5 Å². The molecule has 0 unspecified atom stereocenters. The Balaban J connectivity index is 0.773. The van der Waals surface area contributed by atoms with E-state index < -0.39 is 27.8 Å². The van der Waals surface area contributed by atoms with Crippen LogP contribution in [-0.4, -0.2) is 16.1 Å². The summed E-state index contributed by atoms with van der Waals surface area (Å²) in [4.78, 5) is 4.20. The fourth-order valence-electron chi connectivity index (χ4n) is 18.6. The van der Waals surface area contributed by atoms with E-state index in [2.05, 4.69) is 365 Å². The molecule has 0 amide bonds. The molecule has 114 heavy (non-hydrogen) atoms. The maximum Gasteiger partial charge on any atom is 0.179 e. The molecular formula is C106H78F2N2O2Si2. The van der Waals surface area contributed by atoms with Crippen LogP contribution in [-0.2, 0) is 0 Å². The van der Waals surface area contributed by atoms with E-state index >= 15 is 8.78 Å². The monoisotopic (exact) mass is 1500 g/mol. The molecule has 0 aliphatic carbocycles. The Bertz CT molecular complexity index is 6380. The van der Waals surface area contributed by atoms with Crippen molar-refractivity contribution in [3.8, 4) is 22.3 Å². The van der Waals surface area contributed by atoms with Crippen LogP contribution in [0, 0.1) is 11.6 Å². The third-order valence-corrected chi connectivity index (χ3v) is 33.4. The summed E-state index contributed by atoms with van der Waals surface area (Å²) in [6, 6.07) is 137. The minimum absolute atomic E-state index is 0.0103. The van der Waals surface area contributed by atoms with Crippen molar-refractivity contribution >= 4 is 168 Å². The van der Waals surface area contributed by atoms with Crippen LogP contribution in [0.2, 0.25) is 0 Å². The lowest BCUT2D eigenvalue weighted by molar-refractivity contribution is 0.628. The fraction of sp³-hybridized carbons (Fsp3) is 0.0566. The molecule has 4 nitrogen and oxygen atoms in total. The number of fused-ring (bicyclic) bond motifs is 6. The molecule has 0 aliphatic rings. The molecule has 0 N–H and O–H groups in total. The highest BCUT2D eigenvalue weighted by Gasteiger charge is 2.43. The summed E-state index contributed by atoms with van der Waals surface area (Å²) >= 11 is 0. The van der Waals surface area contributed by atoms with Gasteiger partial charge in [0.1, 0.15) is 22.8 Å². The average molecular weight is 1510 g/mol. The zero-order valence-corrected chi connectivity index (χ0v) is 65.6. The summed E-state index contributed by atoms with van der Waals surface area (Å²) in [6.45, 7) is 8.96. The lowest BCUT2D eigenvalue weighted by atomic mass is 9.84. The average Bonchev–Trinajstić information content (AvgIpc) is 0.902. The molecule has 2 heterocycles. The number of para-hydroxylation sites is 4. The molecule has 18 aromatic carbocycles. The van der Waals surface area contributed by atoms with E-state index in [4.69, 9.17) is 8.83 Å². The first kappa shape index (κ1) is 69.7. The van der Waals surface area contributed by atoms with Gasteiger partial charge in [0.15, 0.2) is 27.3 Å².